The Bertz CT molecular complexity index is 675. The van der Waals surface area contributed by atoms with Gasteiger partial charge in [0.25, 0.3) is 0 Å². The summed E-state index contributed by atoms with van der Waals surface area (Å²) in [6.45, 7) is 9.29. The molecule has 0 bridgehead atoms. The van der Waals surface area contributed by atoms with Gasteiger partial charge in [0.1, 0.15) is 0 Å². The van der Waals surface area contributed by atoms with E-state index in [0.29, 0.717) is 0 Å². The molecule has 0 saturated heterocycles. The first-order valence-electron chi connectivity index (χ1n) is 21.1. The molecule has 0 aromatic rings. The fraction of sp³-hybridized carbons (Fsp3) is 0.822. The highest BCUT2D eigenvalue weighted by molar-refractivity contribution is 4.93. The summed E-state index contributed by atoms with van der Waals surface area (Å²) < 4.78 is 0. The Morgan fingerprint density at radius 3 is 1.00 bits per heavy atom. The molecule has 0 amide bonds. The average molecular weight is 670 g/mol. The second kappa shape index (κ2) is 38.6. The van der Waals surface area contributed by atoms with Crippen LogP contribution < -0.4 is 0 Å². The van der Waals surface area contributed by atoms with Crippen molar-refractivity contribution in [2.45, 2.75) is 187 Å². The molecule has 0 atom stereocenters. The van der Waals surface area contributed by atoms with E-state index in [1.54, 1.807) is 0 Å². The number of allylic oxidation sites excluding steroid dienone is 8. The lowest BCUT2D eigenvalue weighted by Crippen LogP contribution is -2.43. The van der Waals surface area contributed by atoms with Crippen LogP contribution in [-0.2, 0) is 0 Å². The van der Waals surface area contributed by atoms with Gasteiger partial charge < -0.3 is 9.80 Å². The minimum Gasteiger partial charge on any atom is -0.308 e. The van der Waals surface area contributed by atoms with E-state index >= 15 is 0 Å². The van der Waals surface area contributed by atoms with Crippen molar-refractivity contribution in [1.29, 1.82) is 0 Å². The minimum atomic E-state index is 0.751. The number of hydrogen-bond acceptors (Lipinski definition) is 3. The van der Waals surface area contributed by atoms with Gasteiger partial charge in [0.2, 0.25) is 0 Å². The van der Waals surface area contributed by atoms with Gasteiger partial charge in [0, 0.05) is 32.2 Å². The van der Waals surface area contributed by atoms with Gasteiger partial charge in [-0.3, -0.25) is 4.90 Å². The molecule has 0 radical (unpaired) electrons. The largest absolute Gasteiger partial charge is 0.308 e. The van der Waals surface area contributed by atoms with E-state index in [1.165, 1.54) is 167 Å². The highest BCUT2D eigenvalue weighted by Gasteiger charge is 2.18. The first-order valence-corrected chi connectivity index (χ1v) is 21.1. The molecule has 0 fully saturated rings. The fourth-order valence-electron chi connectivity index (χ4n) is 6.38. The van der Waals surface area contributed by atoms with Crippen molar-refractivity contribution < 1.29 is 0 Å². The number of hydrogen-bond donors (Lipinski definition) is 0. The van der Waals surface area contributed by atoms with Crippen LogP contribution in [0.5, 0.6) is 0 Å². The predicted molar refractivity (Wildman–Crippen MR) is 220 cm³/mol. The van der Waals surface area contributed by atoms with Crippen LogP contribution in [0.1, 0.15) is 181 Å². The molecule has 282 valence electrons. The molecule has 0 aliphatic heterocycles. The fourth-order valence-corrected chi connectivity index (χ4v) is 6.38. The maximum Gasteiger partial charge on any atom is 0.0113 e. The summed E-state index contributed by atoms with van der Waals surface area (Å²) in [4.78, 5) is 7.57. The zero-order valence-electron chi connectivity index (χ0n) is 33.8. The second-order valence-electron chi connectivity index (χ2n) is 15.0. The minimum absolute atomic E-state index is 0.751. The SMILES string of the molecule is CCCCC/C=C\C/C=C\CCCCCCCCC(CCCCCCCC/C=C\C/C=C\CCCCC)N(CCN(C)C)CCN(C)C. The second-order valence-corrected chi connectivity index (χ2v) is 15.0. The van der Waals surface area contributed by atoms with Crippen LogP contribution in [0.4, 0.5) is 0 Å². The predicted octanol–water partition coefficient (Wildman–Crippen LogP) is 13.2. The number of unbranched alkanes of at least 4 members (excludes halogenated alkanes) is 18. The molecule has 0 rings (SSSR count). The van der Waals surface area contributed by atoms with Gasteiger partial charge in [-0.2, -0.15) is 0 Å². The maximum atomic E-state index is 2.85. The summed E-state index contributed by atoms with van der Waals surface area (Å²) in [6.07, 6.45) is 53.8. The van der Waals surface area contributed by atoms with E-state index in [-0.39, 0.29) is 0 Å². The zero-order chi connectivity index (χ0) is 35.2. The molecule has 48 heavy (non-hydrogen) atoms. The quantitative estimate of drug-likeness (QED) is 0.0481. The van der Waals surface area contributed by atoms with E-state index in [0.717, 1.165) is 32.0 Å². The first kappa shape index (κ1) is 46.8. The highest BCUT2D eigenvalue weighted by Crippen LogP contribution is 2.19. The van der Waals surface area contributed by atoms with Crippen molar-refractivity contribution in [1.82, 2.24) is 14.7 Å². The third-order valence-electron chi connectivity index (χ3n) is 9.66. The number of rotatable bonds is 37. The summed E-state index contributed by atoms with van der Waals surface area (Å²) in [5, 5.41) is 0. The molecular formula is C45H87N3. The Balaban J connectivity index is 4.31. The Hall–Kier alpha value is -1.16. The molecule has 3 heteroatoms. The summed E-state index contributed by atoms with van der Waals surface area (Å²) >= 11 is 0. The van der Waals surface area contributed by atoms with Crippen LogP contribution in [0.2, 0.25) is 0 Å². The van der Waals surface area contributed by atoms with Gasteiger partial charge >= 0.3 is 0 Å². The van der Waals surface area contributed by atoms with Crippen molar-refractivity contribution in [3.05, 3.63) is 48.6 Å². The van der Waals surface area contributed by atoms with Crippen LogP contribution in [0.25, 0.3) is 0 Å². The van der Waals surface area contributed by atoms with Crippen molar-refractivity contribution in [3.63, 3.8) is 0 Å². The van der Waals surface area contributed by atoms with Gasteiger partial charge in [-0.25, -0.2) is 0 Å². The van der Waals surface area contributed by atoms with Gasteiger partial charge in [0.05, 0.1) is 0 Å². The summed E-state index contributed by atoms with van der Waals surface area (Å²) in [6, 6.07) is 0.751. The van der Waals surface area contributed by atoms with E-state index < -0.39 is 0 Å². The van der Waals surface area contributed by atoms with Gasteiger partial charge in [0.15, 0.2) is 0 Å². The Kier molecular flexibility index (Phi) is 37.7. The van der Waals surface area contributed by atoms with E-state index in [4.69, 9.17) is 0 Å². The lowest BCUT2D eigenvalue weighted by Gasteiger charge is -2.34. The smallest absolute Gasteiger partial charge is 0.0113 e. The molecule has 0 unspecified atom stereocenters. The first-order chi connectivity index (χ1) is 23.5. The Morgan fingerprint density at radius 1 is 0.354 bits per heavy atom. The molecular weight excluding hydrogens is 583 g/mol. The van der Waals surface area contributed by atoms with Gasteiger partial charge in [-0.1, -0.05) is 152 Å². The average Bonchev–Trinajstić information content (AvgIpc) is 3.07. The molecule has 0 N–H and O–H groups in total. The van der Waals surface area contributed by atoms with E-state index in [9.17, 15) is 0 Å². The zero-order valence-corrected chi connectivity index (χ0v) is 33.8. The van der Waals surface area contributed by atoms with Crippen molar-refractivity contribution in [2.75, 3.05) is 54.4 Å². The van der Waals surface area contributed by atoms with Crippen LogP contribution in [0.3, 0.4) is 0 Å². The third kappa shape index (κ3) is 36.1. The summed E-state index contributed by atoms with van der Waals surface area (Å²) in [5.41, 5.74) is 0. The molecule has 0 aliphatic carbocycles. The van der Waals surface area contributed by atoms with Gasteiger partial charge in [-0.15, -0.1) is 0 Å². The molecule has 0 aliphatic rings. The Morgan fingerprint density at radius 2 is 0.667 bits per heavy atom. The van der Waals surface area contributed by atoms with Gasteiger partial charge in [-0.05, 0) is 105 Å². The molecule has 0 aromatic carbocycles. The standard InChI is InChI=1S/C45H87N3/c1-7-9-11-13-15-17-19-21-23-25-27-29-31-33-35-37-39-45(48(43-41-46(3)4)44-42-47(5)6)40-38-36-34-32-30-28-26-24-22-20-18-16-14-12-10-8-2/h15-18,21-24,45H,7-14,19-20,25-44H2,1-6H3/b17-15-,18-16-,23-21-,24-22-. The van der Waals surface area contributed by atoms with Crippen molar-refractivity contribution in [2.24, 2.45) is 0 Å². The van der Waals surface area contributed by atoms with E-state index in [2.05, 4.69) is 105 Å². The molecule has 0 heterocycles. The van der Waals surface area contributed by atoms with Crippen LogP contribution in [-0.4, -0.2) is 75.1 Å². The molecule has 3 nitrogen and oxygen atoms in total. The molecule has 0 saturated carbocycles. The summed E-state index contributed by atoms with van der Waals surface area (Å²) in [5.74, 6) is 0. The lowest BCUT2D eigenvalue weighted by molar-refractivity contribution is 0.144. The topological polar surface area (TPSA) is 9.72 Å². The number of likely N-dealkylation sites (N-methyl/N-ethyl adjacent to an activating group) is 2. The monoisotopic (exact) mass is 670 g/mol. The third-order valence-corrected chi connectivity index (χ3v) is 9.66. The lowest BCUT2D eigenvalue weighted by atomic mass is 9.98. The normalized spacial score (nSPS) is 12.8. The molecule has 0 spiro atoms. The van der Waals surface area contributed by atoms with Crippen molar-refractivity contribution >= 4 is 0 Å². The summed E-state index contributed by atoms with van der Waals surface area (Å²) in [7, 11) is 8.90. The maximum absolute atomic E-state index is 2.85. The van der Waals surface area contributed by atoms with E-state index in [1.807, 2.05) is 0 Å². The van der Waals surface area contributed by atoms with Crippen LogP contribution in [0, 0.1) is 0 Å². The highest BCUT2D eigenvalue weighted by atomic mass is 15.2. The molecule has 0 aromatic heterocycles. The van der Waals surface area contributed by atoms with Crippen molar-refractivity contribution in [3.8, 4) is 0 Å². The van der Waals surface area contributed by atoms with Crippen LogP contribution in [0.15, 0.2) is 48.6 Å². The van der Waals surface area contributed by atoms with Crippen LogP contribution >= 0.6 is 0 Å². The number of nitrogens with zero attached hydrogens (tertiary/aromatic N) is 3. The Labute approximate surface area is 303 Å².